The van der Waals surface area contributed by atoms with Crippen molar-refractivity contribution in [2.75, 3.05) is 20.3 Å². The predicted octanol–water partition coefficient (Wildman–Crippen LogP) is 4.05. The van der Waals surface area contributed by atoms with Crippen molar-refractivity contribution in [2.24, 2.45) is 0 Å². The molecule has 1 aliphatic carbocycles. The molecule has 1 amide bonds. The minimum absolute atomic E-state index is 0.0768. The fourth-order valence-corrected chi connectivity index (χ4v) is 3.19. The van der Waals surface area contributed by atoms with E-state index in [0.29, 0.717) is 29.7 Å². The number of amides is 1. The lowest BCUT2D eigenvalue weighted by Gasteiger charge is -2.33. The van der Waals surface area contributed by atoms with Gasteiger partial charge in [-0.2, -0.15) is 0 Å². The van der Waals surface area contributed by atoms with E-state index in [2.05, 4.69) is 6.58 Å². The van der Waals surface area contributed by atoms with Crippen LogP contribution in [0, 0.1) is 0 Å². The van der Waals surface area contributed by atoms with Crippen LogP contribution in [0.2, 0.25) is 0 Å². The third-order valence-electron chi connectivity index (χ3n) is 4.38. The molecule has 0 heterocycles. The molecule has 4 heteroatoms. The van der Waals surface area contributed by atoms with Crippen molar-refractivity contribution >= 4 is 5.91 Å². The predicted molar refractivity (Wildman–Crippen MR) is 92.3 cm³/mol. The molecular weight excluding hydrogens is 290 g/mol. The highest BCUT2D eigenvalue weighted by molar-refractivity contribution is 5.95. The number of nitrogens with zero attached hydrogens (tertiary/aromatic N) is 1. The molecular formula is C19H27NO3. The Bertz CT molecular complexity index is 535. The Morgan fingerprint density at radius 3 is 2.65 bits per heavy atom. The molecule has 1 aromatic rings. The van der Waals surface area contributed by atoms with Gasteiger partial charge in [-0.1, -0.05) is 31.9 Å². The van der Waals surface area contributed by atoms with E-state index in [0.717, 1.165) is 19.4 Å². The van der Waals surface area contributed by atoms with E-state index in [4.69, 9.17) is 9.47 Å². The van der Waals surface area contributed by atoms with Crippen LogP contribution in [0.15, 0.2) is 30.9 Å². The Labute approximate surface area is 139 Å². The van der Waals surface area contributed by atoms with Crippen molar-refractivity contribution < 1.29 is 14.3 Å². The van der Waals surface area contributed by atoms with Crippen LogP contribution in [0.5, 0.6) is 11.5 Å². The van der Waals surface area contributed by atoms with Gasteiger partial charge in [0, 0.05) is 18.2 Å². The lowest BCUT2D eigenvalue weighted by molar-refractivity contribution is 0.0647. The van der Waals surface area contributed by atoms with Crippen LogP contribution in [0.25, 0.3) is 0 Å². The van der Waals surface area contributed by atoms with E-state index >= 15 is 0 Å². The van der Waals surface area contributed by atoms with Crippen molar-refractivity contribution in [3.05, 3.63) is 36.4 Å². The number of benzene rings is 1. The van der Waals surface area contributed by atoms with Gasteiger partial charge in [0.15, 0.2) is 11.5 Å². The average molecular weight is 317 g/mol. The summed E-state index contributed by atoms with van der Waals surface area (Å²) in [5.41, 5.74) is 0.653. The van der Waals surface area contributed by atoms with Gasteiger partial charge in [0.25, 0.3) is 5.91 Å². The molecule has 0 aliphatic heterocycles. The van der Waals surface area contributed by atoms with E-state index in [9.17, 15) is 4.79 Å². The first-order chi connectivity index (χ1) is 11.2. The van der Waals surface area contributed by atoms with Gasteiger partial charge in [-0.15, -0.1) is 0 Å². The summed E-state index contributed by atoms with van der Waals surface area (Å²) in [7, 11) is 1.59. The van der Waals surface area contributed by atoms with Gasteiger partial charge in [0.1, 0.15) is 6.61 Å². The highest BCUT2D eigenvalue weighted by atomic mass is 16.5. The number of rotatable bonds is 7. The maximum absolute atomic E-state index is 12.9. The second-order valence-electron chi connectivity index (χ2n) is 5.85. The van der Waals surface area contributed by atoms with Crippen LogP contribution >= 0.6 is 0 Å². The molecule has 1 aliphatic rings. The summed E-state index contributed by atoms with van der Waals surface area (Å²) in [6.45, 7) is 6.83. The second kappa shape index (κ2) is 8.61. The second-order valence-corrected chi connectivity index (χ2v) is 5.85. The molecule has 0 spiro atoms. The number of carbonyl (C=O) groups excluding carboxylic acids is 1. The Morgan fingerprint density at radius 2 is 2.04 bits per heavy atom. The molecule has 0 aromatic heterocycles. The Balaban J connectivity index is 2.18. The maximum atomic E-state index is 12.9. The smallest absolute Gasteiger partial charge is 0.254 e. The first-order valence-corrected chi connectivity index (χ1v) is 8.44. The molecule has 0 bridgehead atoms. The van der Waals surface area contributed by atoms with E-state index in [1.807, 2.05) is 17.9 Å². The van der Waals surface area contributed by atoms with Gasteiger partial charge in [0.05, 0.1) is 7.11 Å². The first-order valence-electron chi connectivity index (χ1n) is 8.44. The quantitative estimate of drug-likeness (QED) is 0.712. The van der Waals surface area contributed by atoms with Crippen LogP contribution in [0.3, 0.4) is 0 Å². The number of ether oxygens (including phenoxy) is 2. The summed E-state index contributed by atoms with van der Waals surface area (Å²) in [5, 5.41) is 0. The zero-order valence-corrected chi connectivity index (χ0v) is 14.2. The van der Waals surface area contributed by atoms with Gasteiger partial charge >= 0.3 is 0 Å². The molecule has 1 saturated carbocycles. The summed E-state index contributed by atoms with van der Waals surface area (Å²) < 4.78 is 10.9. The van der Waals surface area contributed by atoms with Gasteiger partial charge in [0.2, 0.25) is 0 Å². The summed E-state index contributed by atoms with van der Waals surface area (Å²) in [5.74, 6) is 1.29. The lowest BCUT2D eigenvalue weighted by Crippen LogP contribution is -2.41. The number of hydrogen-bond donors (Lipinski definition) is 0. The fourth-order valence-electron chi connectivity index (χ4n) is 3.19. The van der Waals surface area contributed by atoms with E-state index in [-0.39, 0.29) is 5.91 Å². The van der Waals surface area contributed by atoms with Gasteiger partial charge in [-0.05, 0) is 38.0 Å². The zero-order valence-electron chi connectivity index (χ0n) is 14.2. The van der Waals surface area contributed by atoms with Crippen molar-refractivity contribution in [1.29, 1.82) is 0 Å². The normalized spacial score (nSPS) is 15.0. The van der Waals surface area contributed by atoms with Gasteiger partial charge < -0.3 is 14.4 Å². The maximum Gasteiger partial charge on any atom is 0.254 e. The molecule has 0 atom stereocenters. The molecule has 126 valence electrons. The zero-order chi connectivity index (χ0) is 16.7. The average Bonchev–Trinajstić information content (AvgIpc) is 2.61. The highest BCUT2D eigenvalue weighted by Crippen LogP contribution is 2.30. The van der Waals surface area contributed by atoms with Crippen molar-refractivity contribution in [3.63, 3.8) is 0 Å². The Hall–Kier alpha value is -1.97. The number of methoxy groups -OCH3 is 1. The fraction of sp³-hybridized carbons (Fsp3) is 0.526. The van der Waals surface area contributed by atoms with Crippen LogP contribution in [0.1, 0.15) is 49.4 Å². The van der Waals surface area contributed by atoms with Gasteiger partial charge in [-0.3, -0.25) is 4.79 Å². The molecule has 4 nitrogen and oxygen atoms in total. The van der Waals surface area contributed by atoms with Crippen molar-refractivity contribution in [1.82, 2.24) is 4.90 Å². The molecule has 0 saturated heterocycles. The number of carbonyl (C=O) groups is 1. The summed E-state index contributed by atoms with van der Waals surface area (Å²) >= 11 is 0. The molecule has 0 unspecified atom stereocenters. The standard InChI is InChI=1S/C19H27NO3/c1-4-13-23-17-12-11-15(14-18(17)22-3)19(21)20(5-2)16-9-7-6-8-10-16/h4,11-12,14,16H,1,5-10,13H2,2-3H3. The Kier molecular flexibility index (Phi) is 6.51. The van der Waals surface area contributed by atoms with Crippen LogP contribution in [-0.4, -0.2) is 37.1 Å². The molecule has 1 fully saturated rings. The monoisotopic (exact) mass is 317 g/mol. The molecule has 2 rings (SSSR count). The van der Waals surface area contributed by atoms with Gasteiger partial charge in [-0.25, -0.2) is 0 Å². The first kappa shape index (κ1) is 17.4. The third kappa shape index (κ3) is 4.27. The van der Waals surface area contributed by atoms with Crippen LogP contribution < -0.4 is 9.47 Å². The summed E-state index contributed by atoms with van der Waals surface area (Å²) in [6, 6.07) is 5.74. The van der Waals surface area contributed by atoms with Crippen LogP contribution in [0.4, 0.5) is 0 Å². The third-order valence-corrected chi connectivity index (χ3v) is 4.38. The van der Waals surface area contributed by atoms with E-state index in [1.54, 1.807) is 25.3 Å². The Morgan fingerprint density at radius 1 is 1.30 bits per heavy atom. The highest BCUT2D eigenvalue weighted by Gasteiger charge is 2.25. The minimum atomic E-state index is 0.0768. The van der Waals surface area contributed by atoms with E-state index < -0.39 is 0 Å². The number of hydrogen-bond acceptors (Lipinski definition) is 3. The summed E-state index contributed by atoms with van der Waals surface area (Å²) in [4.78, 5) is 14.9. The van der Waals surface area contributed by atoms with E-state index in [1.165, 1.54) is 19.3 Å². The lowest BCUT2D eigenvalue weighted by atomic mass is 9.93. The molecule has 23 heavy (non-hydrogen) atoms. The molecule has 0 radical (unpaired) electrons. The topological polar surface area (TPSA) is 38.8 Å². The minimum Gasteiger partial charge on any atom is -0.493 e. The largest absolute Gasteiger partial charge is 0.493 e. The molecule has 1 aromatic carbocycles. The molecule has 0 N–H and O–H groups in total. The van der Waals surface area contributed by atoms with Crippen molar-refractivity contribution in [2.45, 2.75) is 45.1 Å². The van der Waals surface area contributed by atoms with Crippen LogP contribution in [-0.2, 0) is 0 Å². The van der Waals surface area contributed by atoms with Crippen molar-refractivity contribution in [3.8, 4) is 11.5 Å². The SMILES string of the molecule is C=CCOc1ccc(C(=O)N(CC)C2CCCCC2)cc1OC. The summed E-state index contributed by atoms with van der Waals surface area (Å²) in [6.07, 6.45) is 7.61.